The van der Waals surface area contributed by atoms with E-state index in [0.29, 0.717) is 17.5 Å². The summed E-state index contributed by atoms with van der Waals surface area (Å²) in [4.78, 5) is 20.0. The van der Waals surface area contributed by atoms with E-state index in [2.05, 4.69) is 15.3 Å². The van der Waals surface area contributed by atoms with Crippen LogP contribution in [0.3, 0.4) is 0 Å². The van der Waals surface area contributed by atoms with Gasteiger partial charge in [-0.1, -0.05) is 6.07 Å². The molecule has 0 amide bonds. The topological polar surface area (TPSA) is 64.1 Å². The molecule has 4 aromatic rings. The Kier molecular flexibility index (Phi) is 5.80. The van der Waals surface area contributed by atoms with Crippen molar-refractivity contribution < 1.29 is 35.9 Å². The second-order valence-electron chi connectivity index (χ2n) is 7.28. The van der Waals surface area contributed by atoms with Gasteiger partial charge in [-0.2, -0.15) is 26.3 Å². The molecule has 0 saturated heterocycles. The number of benzene rings is 2. The van der Waals surface area contributed by atoms with E-state index in [1.165, 1.54) is 25.4 Å². The van der Waals surface area contributed by atoms with E-state index < -0.39 is 34.6 Å². The van der Waals surface area contributed by atoms with Crippen LogP contribution in [-0.4, -0.2) is 29.0 Å². The minimum absolute atomic E-state index is 0.229. The standard InChI is InChI=1S/C23H15F6N3O2/c1-34-14-6-4-13(5-7-14)31-10-12-11-32-20-17(18(12)22(24,25)26)9-16(21(33)23(27,28)29)15-3-2-8-30-19(15)20/h2-9,11,31H,10H2,1H3. The molecule has 2 aromatic heterocycles. The Morgan fingerprint density at radius 1 is 0.971 bits per heavy atom. The molecule has 0 radical (unpaired) electrons. The van der Waals surface area contributed by atoms with Crippen molar-refractivity contribution in [2.45, 2.75) is 18.9 Å². The Labute approximate surface area is 188 Å². The van der Waals surface area contributed by atoms with Gasteiger partial charge >= 0.3 is 12.4 Å². The fourth-order valence-electron chi connectivity index (χ4n) is 3.65. The number of ketones is 1. The number of anilines is 1. The van der Waals surface area contributed by atoms with Gasteiger partial charge in [0, 0.05) is 46.5 Å². The van der Waals surface area contributed by atoms with Crippen molar-refractivity contribution in [3.05, 3.63) is 71.5 Å². The average Bonchev–Trinajstić information content (AvgIpc) is 2.80. The maximum atomic E-state index is 14.2. The number of fused-ring (bicyclic) bond motifs is 3. The molecule has 0 aliphatic rings. The molecule has 0 spiro atoms. The molecule has 2 aromatic carbocycles. The highest BCUT2D eigenvalue weighted by molar-refractivity contribution is 6.17. The first-order valence-electron chi connectivity index (χ1n) is 9.76. The van der Waals surface area contributed by atoms with Gasteiger partial charge in [0.15, 0.2) is 0 Å². The maximum Gasteiger partial charge on any atom is 0.454 e. The minimum Gasteiger partial charge on any atom is -0.497 e. The fraction of sp³-hybridized carbons (Fsp3) is 0.174. The van der Waals surface area contributed by atoms with Crippen molar-refractivity contribution in [3.8, 4) is 5.75 Å². The van der Waals surface area contributed by atoms with Gasteiger partial charge in [-0.3, -0.25) is 14.8 Å². The molecule has 0 atom stereocenters. The summed E-state index contributed by atoms with van der Waals surface area (Å²) < 4.78 is 87.2. The first-order chi connectivity index (χ1) is 16.0. The van der Waals surface area contributed by atoms with Gasteiger partial charge in [0.25, 0.3) is 5.78 Å². The van der Waals surface area contributed by atoms with Crippen LogP contribution in [0.4, 0.5) is 32.0 Å². The number of rotatable bonds is 5. The molecular weight excluding hydrogens is 464 g/mol. The molecule has 4 rings (SSSR count). The van der Waals surface area contributed by atoms with Crippen molar-refractivity contribution in [1.29, 1.82) is 0 Å². The number of aromatic nitrogens is 2. The molecule has 0 unspecified atom stereocenters. The predicted octanol–water partition coefficient (Wildman–Crippen LogP) is 6.17. The molecule has 0 aliphatic heterocycles. The highest BCUT2D eigenvalue weighted by atomic mass is 19.4. The third-order valence-electron chi connectivity index (χ3n) is 5.16. The number of alkyl halides is 6. The summed E-state index contributed by atoms with van der Waals surface area (Å²) in [6, 6.07) is 9.49. The normalized spacial score (nSPS) is 12.2. The molecule has 0 fully saturated rings. The lowest BCUT2D eigenvalue weighted by Crippen LogP contribution is -2.23. The summed E-state index contributed by atoms with van der Waals surface area (Å²) >= 11 is 0. The summed E-state index contributed by atoms with van der Waals surface area (Å²) in [6.45, 7) is -0.326. The van der Waals surface area contributed by atoms with Gasteiger partial charge < -0.3 is 10.1 Å². The summed E-state index contributed by atoms with van der Waals surface area (Å²) in [7, 11) is 1.47. The molecule has 0 bridgehead atoms. The zero-order valence-corrected chi connectivity index (χ0v) is 17.4. The third-order valence-corrected chi connectivity index (χ3v) is 5.16. The van der Waals surface area contributed by atoms with Crippen molar-refractivity contribution in [2.75, 3.05) is 12.4 Å². The molecule has 0 saturated carbocycles. The molecule has 2 heterocycles. The molecule has 176 valence electrons. The number of hydrogen-bond donors (Lipinski definition) is 1. The largest absolute Gasteiger partial charge is 0.497 e. The molecule has 0 aliphatic carbocycles. The second kappa shape index (κ2) is 8.47. The number of methoxy groups -OCH3 is 1. The van der Waals surface area contributed by atoms with Crippen LogP contribution >= 0.6 is 0 Å². The lowest BCUT2D eigenvalue weighted by atomic mass is 9.95. The SMILES string of the molecule is COc1ccc(NCc2cnc3c(cc(C(=O)C(F)(F)F)c4cccnc43)c2C(F)(F)F)cc1. The summed E-state index contributed by atoms with van der Waals surface area (Å²) in [5, 5.41) is 1.96. The van der Waals surface area contributed by atoms with Crippen molar-refractivity contribution in [3.63, 3.8) is 0 Å². The van der Waals surface area contributed by atoms with E-state index in [4.69, 9.17) is 4.74 Å². The van der Waals surface area contributed by atoms with E-state index in [9.17, 15) is 31.1 Å². The van der Waals surface area contributed by atoms with Crippen LogP contribution < -0.4 is 10.1 Å². The summed E-state index contributed by atoms with van der Waals surface area (Å²) in [5.41, 5.74) is -2.42. The monoisotopic (exact) mass is 479 g/mol. The first kappa shape index (κ1) is 23.3. The zero-order chi connectivity index (χ0) is 24.7. The summed E-state index contributed by atoms with van der Waals surface area (Å²) in [5.74, 6) is -1.71. The minimum atomic E-state index is -5.28. The van der Waals surface area contributed by atoms with Crippen LogP contribution in [0, 0.1) is 0 Å². The van der Waals surface area contributed by atoms with E-state index >= 15 is 0 Å². The number of Topliss-reactive ketones (excluding diaryl/α,β-unsaturated/α-hetero) is 1. The third kappa shape index (κ3) is 4.33. The van der Waals surface area contributed by atoms with Gasteiger partial charge in [-0.15, -0.1) is 0 Å². The highest BCUT2D eigenvalue weighted by Gasteiger charge is 2.42. The molecular formula is C23H15F6N3O2. The van der Waals surface area contributed by atoms with Crippen LogP contribution in [-0.2, 0) is 12.7 Å². The van der Waals surface area contributed by atoms with E-state index in [-0.39, 0.29) is 28.5 Å². The average molecular weight is 479 g/mol. The number of pyridine rings is 2. The van der Waals surface area contributed by atoms with Crippen LogP contribution in [0.2, 0.25) is 0 Å². The fourth-order valence-corrected chi connectivity index (χ4v) is 3.65. The Balaban J connectivity index is 1.91. The number of hydrogen-bond acceptors (Lipinski definition) is 5. The summed E-state index contributed by atoms with van der Waals surface area (Å²) in [6.07, 6.45) is -8.02. The Hall–Kier alpha value is -3.89. The molecule has 5 nitrogen and oxygen atoms in total. The molecule has 11 heteroatoms. The van der Waals surface area contributed by atoms with Gasteiger partial charge in [-0.05, 0) is 36.4 Å². The molecule has 34 heavy (non-hydrogen) atoms. The maximum absolute atomic E-state index is 14.2. The number of nitrogens with zero attached hydrogens (tertiary/aromatic N) is 2. The van der Waals surface area contributed by atoms with Crippen molar-refractivity contribution >= 4 is 33.3 Å². The van der Waals surface area contributed by atoms with Crippen LogP contribution in [0.5, 0.6) is 5.75 Å². The smallest absolute Gasteiger partial charge is 0.454 e. The van der Waals surface area contributed by atoms with Crippen LogP contribution in [0.15, 0.2) is 54.9 Å². The van der Waals surface area contributed by atoms with E-state index in [0.717, 1.165) is 6.20 Å². The van der Waals surface area contributed by atoms with Gasteiger partial charge in [-0.25, -0.2) is 0 Å². The predicted molar refractivity (Wildman–Crippen MR) is 113 cm³/mol. The first-order valence-corrected chi connectivity index (χ1v) is 9.76. The van der Waals surface area contributed by atoms with Crippen molar-refractivity contribution in [1.82, 2.24) is 9.97 Å². The quantitative estimate of drug-likeness (QED) is 0.211. The van der Waals surface area contributed by atoms with E-state index in [1.54, 1.807) is 24.3 Å². The number of carbonyl (C=O) groups is 1. The zero-order valence-electron chi connectivity index (χ0n) is 17.4. The number of ether oxygens (including phenoxy) is 1. The van der Waals surface area contributed by atoms with Gasteiger partial charge in [0.05, 0.1) is 23.7 Å². The second-order valence-corrected chi connectivity index (χ2v) is 7.28. The molecule has 1 N–H and O–H groups in total. The lowest BCUT2D eigenvalue weighted by molar-refractivity contribution is -0.136. The number of nitrogens with one attached hydrogen (secondary N) is 1. The van der Waals surface area contributed by atoms with Gasteiger partial charge in [0.1, 0.15) is 5.75 Å². The Morgan fingerprint density at radius 3 is 2.26 bits per heavy atom. The lowest BCUT2D eigenvalue weighted by Gasteiger charge is -2.18. The van der Waals surface area contributed by atoms with E-state index in [1.807, 2.05) is 0 Å². The van der Waals surface area contributed by atoms with Gasteiger partial charge in [0.2, 0.25) is 0 Å². The van der Waals surface area contributed by atoms with Crippen LogP contribution in [0.25, 0.3) is 21.8 Å². The number of carbonyl (C=O) groups excluding carboxylic acids is 1. The Bertz CT molecular complexity index is 1380. The van der Waals surface area contributed by atoms with Crippen LogP contribution in [0.1, 0.15) is 21.5 Å². The number of halogens is 6. The van der Waals surface area contributed by atoms with Crippen molar-refractivity contribution in [2.24, 2.45) is 0 Å². The Morgan fingerprint density at radius 2 is 1.65 bits per heavy atom. The highest BCUT2D eigenvalue weighted by Crippen LogP contribution is 2.40.